The second-order valence-electron chi connectivity index (χ2n) is 8.12. The first-order chi connectivity index (χ1) is 15.8. The average molecular weight is 469 g/mol. The van der Waals surface area contributed by atoms with E-state index in [-0.39, 0.29) is 16.7 Å². The molecule has 1 amide bonds. The monoisotopic (exact) mass is 468 g/mol. The summed E-state index contributed by atoms with van der Waals surface area (Å²) < 4.78 is 38.2. The molecule has 1 heterocycles. The summed E-state index contributed by atoms with van der Waals surface area (Å²) in [5, 5.41) is 2.20. The molecule has 3 aromatic carbocycles. The van der Waals surface area contributed by atoms with Crippen molar-refractivity contribution in [2.75, 3.05) is 39.3 Å². The van der Waals surface area contributed by atoms with Gasteiger partial charge in [-0.1, -0.05) is 30.3 Å². The summed E-state index contributed by atoms with van der Waals surface area (Å²) in [5.74, 6) is 0.616. The summed E-state index contributed by atoms with van der Waals surface area (Å²) in [6, 6.07) is 18.5. The number of amides is 1. The number of hydrogen-bond donors (Lipinski definition) is 0. The van der Waals surface area contributed by atoms with Crippen molar-refractivity contribution in [2.24, 2.45) is 5.92 Å². The number of ether oxygens (including phenoxy) is 2. The molecule has 0 atom stereocenters. The van der Waals surface area contributed by atoms with Gasteiger partial charge in [0, 0.05) is 37.8 Å². The molecule has 33 heavy (non-hydrogen) atoms. The van der Waals surface area contributed by atoms with Gasteiger partial charge in [-0.05, 0) is 47.9 Å². The number of rotatable bonds is 6. The van der Waals surface area contributed by atoms with Crippen LogP contribution in [0.4, 0.5) is 5.69 Å². The minimum absolute atomic E-state index is 0.00782. The molecular formula is C25H28N2O5S. The van der Waals surface area contributed by atoms with Crippen LogP contribution in [0.5, 0.6) is 11.5 Å². The van der Waals surface area contributed by atoms with Gasteiger partial charge in [0.25, 0.3) is 0 Å². The van der Waals surface area contributed by atoms with Crippen LogP contribution >= 0.6 is 0 Å². The Morgan fingerprint density at radius 2 is 1.58 bits per heavy atom. The van der Waals surface area contributed by atoms with Gasteiger partial charge in [-0.15, -0.1) is 0 Å². The molecule has 0 unspecified atom stereocenters. The first-order valence-corrected chi connectivity index (χ1v) is 12.3. The van der Waals surface area contributed by atoms with Crippen molar-refractivity contribution in [2.45, 2.75) is 17.7 Å². The summed E-state index contributed by atoms with van der Waals surface area (Å²) in [6.45, 7) is 0.581. The van der Waals surface area contributed by atoms with Crippen LogP contribution in [0.15, 0.2) is 65.6 Å². The van der Waals surface area contributed by atoms with Crippen molar-refractivity contribution >= 4 is 32.4 Å². The summed E-state index contributed by atoms with van der Waals surface area (Å²) in [4.78, 5) is 15.0. The van der Waals surface area contributed by atoms with Gasteiger partial charge in [0.2, 0.25) is 15.9 Å². The zero-order valence-corrected chi connectivity index (χ0v) is 19.8. The van der Waals surface area contributed by atoms with Gasteiger partial charge in [0.1, 0.15) is 0 Å². The lowest BCUT2D eigenvalue weighted by atomic mass is 9.96. The van der Waals surface area contributed by atoms with Crippen molar-refractivity contribution in [1.29, 1.82) is 0 Å². The number of nitrogens with zero attached hydrogens (tertiary/aromatic N) is 2. The van der Waals surface area contributed by atoms with Crippen LogP contribution in [0.1, 0.15) is 12.8 Å². The number of hydrogen-bond acceptors (Lipinski definition) is 5. The number of piperidine rings is 1. The van der Waals surface area contributed by atoms with E-state index in [4.69, 9.17) is 9.47 Å². The molecule has 0 radical (unpaired) electrons. The van der Waals surface area contributed by atoms with Gasteiger partial charge in [-0.3, -0.25) is 4.79 Å². The van der Waals surface area contributed by atoms with Crippen LogP contribution in [-0.2, 0) is 14.8 Å². The Morgan fingerprint density at radius 3 is 2.24 bits per heavy atom. The first-order valence-electron chi connectivity index (χ1n) is 10.8. The number of carbonyl (C=O) groups excluding carboxylic acids is 1. The number of fused-ring (bicyclic) bond motifs is 1. The Kier molecular flexibility index (Phi) is 6.58. The molecule has 0 saturated carbocycles. The summed E-state index contributed by atoms with van der Waals surface area (Å²) in [5.41, 5.74) is 0.832. The summed E-state index contributed by atoms with van der Waals surface area (Å²) >= 11 is 0. The van der Waals surface area contributed by atoms with Gasteiger partial charge in [-0.2, -0.15) is 4.31 Å². The van der Waals surface area contributed by atoms with Crippen molar-refractivity contribution in [3.05, 3.63) is 60.7 Å². The molecule has 1 aliphatic heterocycles. The van der Waals surface area contributed by atoms with Gasteiger partial charge in [-0.25, -0.2) is 8.42 Å². The Balaban J connectivity index is 1.44. The number of sulfonamides is 1. The lowest BCUT2D eigenvalue weighted by molar-refractivity contribution is -0.123. The standard InChI is InChI=1S/C25H28N2O5S/c1-26(21-9-8-18-6-4-5-7-20(18)16-21)25(28)19-12-14-27(15-13-19)33(29,30)22-10-11-23(31-2)24(17-22)32-3/h4-11,16-17,19H,12-15H2,1-3H3. The maximum atomic E-state index is 13.1. The Bertz CT molecular complexity index is 1270. The van der Waals surface area contributed by atoms with E-state index in [9.17, 15) is 13.2 Å². The van der Waals surface area contributed by atoms with Crippen LogP contribution in [-0.4, -0.2) is 53.0 Å². The van der Waals surface area contributed by atoms with E-state index in [0.29, 0.717) is 37.4 Å². The third-order valence-electron chi connectivity index (χ3n) is 6.25. The quantitative estimate of drug-likeness (QED) is 0.548. The summed E-state index contributed by atoms with van der Waals surface area (Å²) in [6.07, 6.45) is 0.951. The fourth-order valence-electron chi connectivity index (χ4n) is 4.26. The lowest BCUT2D eigenvalue weighted by Crippen LogP contribution is -2.43. The second kappa shape index (κ2) is 9.41. The van der Waals surface area contributed by atoms with E-state index in [1.54, 1.807) is 18.0 Å². The number of methoxy groups -OCH3 is 2. The van der Waals surface area contributed by atoms with Crippen LogP contribution in [0.2, 0.25) is 0 Å². The molecule has 0 bridgehead atoms. The Morgan fingerprint density at radius 1 is 0.909 bits per heavy atom. The molecule has 8 heteroatoms. The molecule has 4 rings (SSSR count). The van der Waals surface area contributed by atoms with Crippen molar-refractivity contribution in [3.8, 4) is 11.5 Å². The number of benzene rings is 3. The maximum Gasteiger partial charge on any atom is 0.243 e. The second-order valence-corrected chi connectivity index (χ2v) is 10.1. The van der Waals surface area contributed by atoms with E-state index >= 15 is 0 Å². The smallest absolute Gasteiger partial charge is 0.243 e. The fourth-order valence-corrected chi connectivity index (χ4v) is 5.74. The largest absolute Gasteiger partial charge is 0.493 e. The molecular weight excluding hydrogens is 440 g/mol. The number of carbonyl (C=O) groups is 1. The van der Waals surface area contributed by atoms with Gasteiger partial charge >= 0.3 is 0 Å². The molecule has 7 nitrogen and oxygen atoms in total. The lowest BCUT2D eigenvalue weighted by Gasteiger charge is -2.32. The highest BCUT2D eigenvalue weighted by molar-refractivity contribution is 7.89. The van der Waals surface area contributed by atoms with Crippen molar-refractivity contribution in [1.82, 2.24) is 4.31 Å². The molecule has 0 spiro atoms. The SMILES string of the molecule is COc1ccc(S(=O)(=O)N2CCC(C(=O)N(C)c3ccc4ccccc4c3)CC2)cc1OC. The minimum Gasteiger partial charge on any atom is -0.493 e. The minimum atomic E-state index is -3.69. The molecule has 0 aliphatic carbocycles. The molecule has 1 saturated heterocycles. The topological polar surface area (TPSA) is 76.2 Å². The summed E-state index contributed by atoms with van der Waals surface area (Å²) in [7, 11) is 1.06. The highest BCUT2D eigenvalue weighted by atomic mass is 32.2. The van der Waals surface area contributed by atoms with Crippen LogP contribution in [0.3, 0.4) is 0 Å². The third-order valence-corrected chi connectivity index (χ3v) is 8.14. The molecule has 1 aliphatic rings. The molecule has 0 aromatic heterocycles. The molecule has 0 N–H and O–H groups in total. The number of anilines is 1. The average Bonchev–Trinajstić information content (AvgIpc) is 2.87. The van der Waals surface area contributed by atoms with Gasteiger partial charge in [0.05, 0.1) is 19.1 Å². The molecule has 174 valence electrons. The van der Waals surface area contributed by atoms with E-state index in [1.807, 2.05) is 42.5 Å². The van der Waals surface area contributed by atoms with Crippen LogP contribution in [0, 0.1) is 5.92 Å². The van der Waals surface area contributed by atoms with E-state index < -0.39 is 10.0 Å². The maximum absolute atomic E-state index is 13.1. The predicted octanol–water partition coefficient (Wildman–Crippen LogP) is 3.92. The highest BCUT2D eigenvalue weighted by Crippen LogP contribution is 2.32. The van der Waals surface area contributed by atoms with E-state index in [1.165, 1.54) is 30.7 Å². The highest BCUT2D eigenvalue weighted by Gasteiger charge is 2.34. The normalized spacial score (nSPS) is 15.4. The Hall–Kier alpha value is -3.10. The third kappa shape index (κ3) is 4.54. The zero-order valence-electron chi connectivity index (χ0n) is 19.0. The van der Waals surface area contributed by atoms with Gasteiger partial charge in [0.15, 0.2) is 11.5 Å². The van der Waals surface area contributed by atoms with E-state index in [0.717, 1.165) is 16.5 Å². The van der Waals surface area contributed by atoms with Gasteiger partial charge < -0.3 is 14.4 Å². The van der Waals surface area contributed by atoms with Crippen LogP contribution in [0.25, 0.3) is 10.8 Å². The fraction of sp³-hybridized carbons (Fsp3) is 0.320. The van der Waals surface area contributed by atoms with Crippen molar-refractivity contribution in [3.63, 3.8) is 0 Å². The van der Waals surface area contributed by atoms with Crippen molar-refractivity contribution < 1.29 is 22.7 Å². The molecule has 1 fully saturated rings. The molecule has 3 aromatic rings. The van der Waals surface area contributed by atoms with E-state index in [2.05, 4.69) is 0 Å². The first kappa shape index (κ1) is 23.1. The zero-order chi connectivity index (χ0) is 23.6. The Labute approximate surface area is 194 Å². The predicted molar refractivity (Wildman–Crippen MR) is 128 cm³/mol. The van der Waals surface area contributed by atoms with Crippen LogP contribution < -0.4 is 14.4 Å².